The van der Waals surface area contributed by atoms with Crippen molar-refractivity contribution in [2.45, 2.75) is 0 Å². The molecule has 0 saturated heterocycles. The fourth-order valence-electron chi connectivity index (χ4n) is 5.39. The van der Waals surface area contributed by atoms with Crippen molar-refractivity contribution in [1.82, 2.24) is 0 Å². The number of hydrogen-bond acceptors (Lipinski definition) is 2. The minimum absolute atomic E-state index is 1.14. The van der Waals surface area contributed by atoms with Crippen LogP contribution in [0.15, 0.2) is 97.1 Å². The molecule has 0 aliphatic rings. The molecule has 0 atom stereocenters. The summed E-state index contributed by atoms with van der Waals surface area (Å²) in [4.78, 5) is 0. The summed E-state index contributed by atoms with van der Waals surface area (Å²) in [6, 6.07) is 34.7. The zero-order chi connectivity index (χ0) is 20.5. The number of rotatable bonds is 1. The highest BCUT2D eigenvalue weighted by Crippen LogP contribution is 2.56. The molecule has 0 fully saturated rings. The second kappa shape index (κ2) is 6.29. The molecular formula is C28H18NOP. The van der Waals surface area contributed by atoms with E-state index in [0.717, 1.165) is 0 Å². The van der Waals surface area contributed by atoms with Crippen LogP contribution in [-0.4, -0.2) is 0 Å². The zero-order valence-electron chi connectivity index (χ0n) is 16.7. The van der Waals surface area contributed by atoms with Gasteiger partial charge in [-0.05, 0) is 43.1 Å². The lowest BCUT2D eigenvalue weighted by Crippen LogP contribution is -1.98. The second-order valence-electron chi connectivity index (χ2n) is 8.03. The summed E-state index contributed by atoms with van der Waals surface area (Å²) < 4.78 is 5.84. The second-order valence-corrected chi connectivity index (χ2v) is 9.72. The van der Waals surface area contributed by atoms with E-state index in [0.29, 0.717) is 0 Å². The Morgan fingerprint density at radius 3 is 1.06 bits per heavy atom. The van der Waals surface area contributed by atoms with Crippen molar-refractivity contribution in [3.8, 4) is 0 Å². The van der Waals surface area contributed by atoms with Gasteiger partial charge >= 0.3 is 0 Å². The monoisotopic (exact) mass is 415 g/mol. The Bertz CT molecular complexity index is 1700. The van der Waals surface area contributed by atoms with Gasteiger partial charge in [0.2, 0.25) is 0 Å². The fraction of sp³-hybridized carbons (Fsp3) is 0. The Kier molecular flexibility index (Phi) is 3.51. The molecule has 0 saturated carbocycles. The predicted octanol–water partition coefficient (Wildman–Crippen LogP) is 7.89. The van der Waals surface area contributed by atoms with Crippen LogP contribution in [-0.2, 0) is 0 Å². The largest absolute Gasteiger partial charge is 0.253 e. The lowest BCUT2D eigenvalue weighted by molar-refractivity contribution is 0.462. The fourth-order valence-corrected chi connectivity index (χ4v) is 7.52. The smallest absolute Gasteiger partial charge is 0.0510 e. The first kappa shape index (κ1) is 17.3. The first-order chi connectivity index (χ1) is 15.4. The lowest BCUT2D eigenvalue weighted by atomic mass is 9.93. The summed E-state index contributed by atoms with van der Waals surface area (Å²) in [6.45, 7) is 0. The quantitative estimate of drug-likeness (QED) is 0.218. The van der Waals surface area contributed by atoms with Crippen LogP contribution < -0.4 is 10.5 Å². The summed E-state index contributed by atoms with van der Waals surface area (Å²) in [5.74, 6) is 6.06. The van der Waals surface area contributed by atoms with Gasteiger partial charge in [0.05, 0.1) is 7.76 Å². The maximum Gasteiger partial charge on any atom is 0.0510 e. The summed E-state index contributed by atoms with van der Waals surface area (Å²) in [7, 11) is -1.14. The van der Waals surface area contributed by atoms with Gasteiger partial charge in [0.15, 0.2) is 0 Å². The summed E-state index contributed by atoms with van der Waals surface area (Å²) in [5.41, 5.74) is 0. The Labute approximate surface area is 179 Å². The van der Waals surface area contributed by atoms with Crippen LogP contribution in [0.25, 0.3) is 64.1 Å². The van der Waals surface area contributed by atoms with Gasteiger partial charge in [0.1, 0.15) is 0 Å². The minimum atomic E-state index is -1.14. The van der Waals surface area contributed by atoms with Gasteiger partial charge in [0, 0.05) is 21.0 Å². The molecule has 0 aliphatic carbocycles. The molecule has 6 aromatic carbocycles. The molecule has 0 aliphatic heterocycles. The van der Waals surface area contributed by atoms with Gasteiger partial charge in [-0.1, -0.05) is 97.1 Å². The van der Waals surface area contributed by atoms with Gasteiger partial charge < -0.3 is 0 Å². The molecule has 3 heteroatoms. The van der Waals surface area contributed by atoms with Crippen molar-refractivity contribution in [1.29, 1.82) is 0 Å². The van der Waals surface area contributed by atoms with Crippen LogP contribution in [0.1, 0.15) is 0 Å². The number of hydrogen-bond donors (Lipinski definition) is 1. The van der Waals surface area contributed by atoms with E-state index in [4.69, 9.17) is 10.5 Å². The van der Waals surface area contributed by atoms with E-state index in [1.165, 1.54) is 64.1 Å². The topological polar surface area (TPSA) is 35.2 Å². The molecule has 0 spiro atoms. The lowest BCUT2D eigenvalue weighted by Gasteiger charge is -2.09. The molecule has 2 N–H and O–H groups in total. The standard InChI is InChI=1S/C28H18NOP/c29-30-31-27-23-15-7-3-11-19(23)17-9-1-5-13-21(17)25(27)26-22-14-6-2-10-18(22)20-12-4-8-16-24(20)28(26)31/h1-16H,29H2. The Hall–Kier alpha value is -3.42. The van der Waals surface area contributed by atoms with Crippen molar-refractivity contribution in [2.24, 2.45) is 5.90 Å². The molecular weight excluding hydrogens is 397 g/mol. The number of nitrogens with two attached hydrogens (primary N) is 1. The maximum absolute atomic E-state index is 6.06. The molecule has 0 unspecified atom stereocenters. The van der Waals surface area contributed by atoms with Crippen LogP contribution >= 0.6 is 7.76 Å². The van der Waals surface area contributed by atoms with Gasteiger partial charge in [0.25, 0.3) is 0 Å². The highest BCUT2D eigenvalue weighted by molar-refractivity contribution is 7.58. The molecule has 7 aromatic rings. The molecule has 146 valence electrons. The maximum atomic E-state index is 6.06. The van der Waals surface area contributed by atoms with Gasteiger partial charge in [-0.2, -0.15) is 0 Å². The third-order valence-corrected chi connectivity index (χ3v) is 8.52. The zero-order valence-corrected chi connectivity index (χ0v) is 17.6. The van der Waals surface area contributed by atoms with Crippen LogP contribution in [0.4, 0.5) is 0 Å². The van der Waals surface area contributed by atoms with Crippen molar-refractivity contribution < 1.29 is 4.62 Å². The van der Waals surface area contributed by atoms with Gasteiger partial charge in [-0.25, -0.2) is 5.90 Å². The third-order valence-electron chi connectivity index (χ3n) is 6.57. The molecule has 0 amide bonds. The first-order valence-corrected chi connectivity index (χ1v) is 11.7. The summed E-state index contributed by atoms with van der Waals surface area (Å²) >= 11 is 0. The van der Waals surface area contributed by atoms with Crippen LogP contribution in [0.2, 0.25) is 0 Å². The molecule has 2 nitrogen and oxygen atoms in total. The molecule has 31 heavy (non-hydrogen) atoms. The van der Waals surface area contributed by atoms with E-state index in [2.05, 4.69) is 97.1 Å². The average Bonchev–Trinajstić information content (AvgIpc) is 3.20. The molecule has 7 rings (SSSR count). The number of fused-ring (bicyclic) bond motifs is 13. The number of benzene rings is 6. The molecule has 1 aromatic heterocycles. The van der Waals surface area contributed by atoms with Crippen LogP contribution in [0.5, 0.6) is 0 Å². The van der Waals surface area contributed by atoms with Crippen molar-refractivity contribution in [3.05, 3.63) is 97.1 Å². The summed E-state index contributed by atoms with van der Waals surface area (Å²) in [6.07, 6.45) is 0. The minimum Gasteiger partial charge on any atom is -0.253 e. The van der Waals surface area contributed by atoms with Crippen molar-refractivity contribution in [3.63, 3.8) is 0 Å². The normalized spacial score (nSPS) is 12.2. The van der Waals surface area contributed by atoms with Crippen molar-refractivity contribution in [2.75, 3.05) is 0 Å². The highest BCUT2D eigenvalue weighted by atomic mass is 31.1. The van der Waals surface area contributed by atoms with Crippen molar-refractivity contribution >= 4 is 71.9 Å². The van der Waals surface area contributed by atoms with E-state index in [1.807, 2.05) is 0 Å². The summed E-state index contributed by atoms with van der Waals surface area (Å²) in [5, 5.41) is 15.1. The SMILES string of the molecule is NOp1c2c3ccccc3c3ccccc3c2c2c3ccccc3c3ccccc3c21. The Morgan fingerprint density at radius 2 is 0.710 bits per heavy atom. The third kappa shape index (κ3) is 2.14. The van der Waals surface area contributed by atoms with Crippen LogP contribution in [0, 0.1) is 0 Å². The van der Waals surface area contributed by atoms with E-state index >= 15 is 0 Å². The molecule has 0 bridgehead atoms. The highest BCUT2D eigenvalue weighted by Gasteiger charge is 2.22. The molecule has 0 radical (unpaired) electrons. The van der Waals surface area contributed by atoms with E-state index in [9.17, 15) is 0 Å². The Morgan fingerprint density at radius 1 is 0.419 bits per heavy atom. The van der Waals surface area contributed by atoms with E-state index in [1.54, 1.807) is 0 Å². The van der Waals surface area contributed by atoms with Crippen LogP contribution in [0.3, 0.4) is 0 Å². The molecule has 1 heterocycles. The van der Waals surface area contributed by atoms with Gasteiger partial charge in [-0.3, -0.25) is 4.62 Å². The van der Waals surface area contributed by atoms with Gasteiger partial charge in [-0.15, -0.1) is 0 Å². The van der Waals surface area contributed by atoms with E-state index in [-0.39, 0.29) is 0 Å². The Balaban J connectivity index is 1.98. The predicted molar refractivity (Wildman–Crippen MR) is 135 cm³/mol. The average molecular weight is 415 g/mol. The van der Waals surface area contributed by atoms with E-state index < -0.39 is 7.76 Å². The first-order valence-electron chi connectivity index (χ1n) is 10.4.